The number of benzene rings is 2. The molecular weight excluding hydrogens is 376 g/mol. The van der Waals surface area contributed by atoms with E-state index in [1.165, 1.54) is 4.90 Å². The molecule has 2 aromatic carbocycles. The summed E-state index contributed by atoms with van der Waals surface area (Å²) >= 11 is 3.25. The van der Waals surface area contributed by atoms with Crippen LogP contribution in [0.2, 0.25) is 0 Å². The highest BCUT2D eigenvalue weighted by molar-refractivity contribution is 7.17. The molecule has 0 bridgehead atoms. The van der Waals surface area contributed by atoms with Gasteiger partial charge in [0, 0.05) is 9.40 Å². The van der Waals surface area contributed by atoms with Crippen molar-refractivity contribution in [1.29, 1.82) is 0 Å². The smallest absolute Gasteiger partial charge is 0.303 e. The van der Waals surface area contributed by atoms with Crippen LogP contribution in [0.15, 0.2) is 65.0 Å². The van der Waals surface area contributed by atoms with Gasteiger partial charge in [0.2, 0.25) is 0 Å². The van der Waals surface area contributed by atoms with E-state index >= 15 is 0 Å². The summed E-state index contributed by atoms with van der Waals surface area (Å²) in [4.78, 5) is 26.5. The molecular formula is C21H14N2O2S2. The molecule has 27 heavy (non-hydrogen) atoms. The number of rotatable bonds is 3. The van der Waals surface area contributed by atoms with E-state index in [-0.39, 0.29) is 18.5 Å². The van der Waals surface area contributed by atoms with Gasteiger partial charge in [-0.15, -0.1) is 22.7 Å². The fourth-order valence-electron chi connectivity index (χ4n) is 3.31. The second-order valence-electron chi connectivity index (χ2n) is 6.32. The van der Waals surface area contributed by atoms with Crippen LogP contribution < -0.4 is 5.32 Å². The third-order valence-corrected chi connectivity index (χ3v) is 6.66. The Morgan fingerprint density at radius 1 is 0.889 bits per heavy atom. The van der Waals surface area contributed by atoms with Crippen LogP contribution in [0, 0.1) is 0 Å². The molecule has 4 aromatic rings. The maximum absolute atomic E-state index is 12.8. The number of imide groups is 1. The number of hydrogen-bond donors (Lipinski definition) is 1. The fourth-order valence-corrected chi connectivity index (χ4v) is 5.18. The first-order valence-electron chi connectivity index (χ1n) is 8.46. The minimum Gasteiger partial charge on any atom is -0.303 e. The minimum atomic E-state index is -0.374. The predicted octanol–water partition coefficient (Wildman–Crippen LogP) is 5.21. The van der Waals surface area contributed by atoms with Gasteiger partial charge in [0.15, 0.2) is 0 Å². The summed E-state index contributed by atoms with van der Waals surface area (Å²) < 4.78 is 2.31. The number of fused-ring (bicyclic) bond motifs is 2. The molecule has 1 fully saturated rings. The van der Waals surface area contributed by atoms with E-state index < -0.39 is 0 Å². The maximum Gasteiger partial charge on any atom is 0.329 e. The quantitative estimate of drug-likeness (QED) is 0.386. The van der Waals surface area contributed by atoms with E-state index in [0.29, 0.717) is 5.70 Å². The molecule has 0 aliphatic carbocycles. The second-order valence-corrected chi connectivity index (χ2v) is 8.15. The number of nitrogens with zero attached hydrogens (tertiary/aromatic N) is 1. The van der Waals surface area contributed by atoms with Gasteiger partial charge in [0.1, 0.15) is 5.70 Å². The Morgan fingerprint density at radius 3 is 2.37 bits per heavy atom. The Hall–Kier alpha value is -2.96. The van der Waals surface area contributed by atoms with E-state index in [2.05, 4.69) is 5.32 Å². The summed E-state index contributed by atoms with van der Waals surface area (Å²) in [6, 6.07) is 15.7. The lowest BCUT2D eigenvalue weighted by Crippen LogP contribution is -2.30. The zero-order valence-corrected chi connectivity index (χ0v) is 15.8. The van der Waals surface area contributed by atoms with Crippen molar-refractivity contribution in [2.24, 2.45) is 0 Å². The van der Waals surface area contributed by atoms with Crippen LogP contribution in [0.5, 0.6) is 0 Å². The molecule has 5 rings (SSSR count). The molecule has 0 saturated carbocycles. The Balaban J connectivity index is 1.46. The predicted molar refractivity (Wildman–Crippen MR) is 111 cm³/mol. The average molecular weight is 390 g/mol. The van der Waals surface area contributed by atoms with Crippen LogP contribution in [-0.2, 0) is 11.3 Å². The van der Waals surface area contributed by atoms with Crippen molar-refractivity contribution in [3.05, 3.63) is 76.1 Å². The van der Waals surface area contributed by atoms with E-state index in [1.54, 1.807) is 28.7 Å². The van der Waals surface area contributed by atoms with Crippen molar-refractivity contribution >= 4 is 60.9 Å². The second kappa shape index (κ2) is 6.33. The monoisotopic (exact) mass is 390 g/mol. The molecule has 3 heterocycles. The summed E-state index contributed by atoms with van der Waals surface area (Å²) in [6.45, 7) is 0.274. The Labute approximate surface area is 163 Å². The first-order valence-corrected chi connectivity index (χ1v) is 10.2. The molecule has 0 atom stereocenters. The zero-order valence-electron chi connectivity index (χ0n) is 14.1. The number of carbonyl (C=O) groups excluding carboxylic acids is 2. The number of hydrogen-bond acceptors (Lipinski definition) is 4. The number of amides is 3. The zero-order chi connectivity index (χ0) is 18.4. The average Bonchev–Trinajstić information content (AvgIpc) is 3.36. The minimum absolute atomic E-state index is 0.274. The summed E-state index contributed by atoms with van der Waals surface area (Å²) in [5, 5.41) is 8.91. The first kappa shape index (κ1) is 16.2. The van der Waals surface area contributed by atoms with Crippen LogP contribution in [0.25, 0.3) is 26.2 Å². The van der Waals surface area contributed by atoms with Gasteiger partial charge < -0.3 is 5.32 Å². The number of carbonyl (C=O) groups is 2. The molecule has 132 valence electrons. The number of thiophene rings is 2. The van der Waals surface area contributed by atoms with Crippen LogP contribution in [0.1, 0.15) is 11.1 Å². The SMILES string of the molecule is O=C1NC(=Cc2csc3ccccc23)C(=O)N1Cc1csc2ccccc12. The van der Waals surface area contributed by atoms with Gasteiger partial charge >= 0.3 is 6.03 Å². The van der Waals surface area contributed by atoms with Crippen molar-refractivity contribution in [2.45, 2.75) is 6.54 Å². The first-order chi connectivity index (χ1) is 13.2. The molecule has 2 aromatic heterocycles. The lowest BCUT2D eigenvalue weighted by molar-refractivity contribution is -0.123. The topological polar surface area (TPSA) is 49.4 Å². The number of nitrogens with one attached hydrogen (secondary N) is 1. The third-order valence-electron chi connectivity index (χ3n) is 4.66. The van der Waals surface area contributed by atoms with Crippen LogP contribution in [-0.4, -0.2) is 16.8 Å². The molecule has 6 heteroatoms. The Bertz CT molecular complexity index is 1240. The molecule has 3 amide bonds. The van der Waals surface area contributed by atoms with Gasteiger partial charge in [0.25, 0.3) is 5.91 Å². The van der Waals surface area contributed by atoms with Crippen molar-refractivity contribution in [3.63, 3.8) is 0 Å². The summed E-state index contributed by atoms with van der Waals surface area (Å²) in [7, 11) is 0. The van der Waals surface area contributed by atoms with E-state index in [0.717, 1.165) is 31.3 Å². The standard InChI is InChI=1S/C21H14N2O2S2/c24-20-17(9-13-11-26-18-7-3-1-5-15(13)18)22-21(25)23(20)10-14-12-27-19-8-4-2-6-16(14)19/h1-9,11-12H,10H2,(H,22,25). The molecule has 1 N–H and O–H groups in total. The van der Waals surface area contributed by atoms with E-state index in [4.69, 9.17) is 0 Å². The van der Waals surface area contributed by atoms with Gasteiger partial charge in [-0.05, 0) is 50.9 Å². The van der Waals surface area contributed by atoms with Gasteiger partial charge in [-0.3, -0.25) is 9.69 Å². The van der Waals surface area contributed by atoms with Crippen molar-refractivity contribution in [1.82, 2.24) is 10.2 Å². The number of urea groups is 1. The van der Waals surface area contributed by atoms with Crippen molar-refractivity contribution < 1.29 is 9.59 Å². The van der Waals surface area contributed by atoms with Gasteiger partial charge in [-0.2, -0.15) is 0 Å². The van der Waals surface area contributed by atoms with E-state index in [1.807, 2.05) is 59.3 Å². The maximum atomic E-state index is 12.8. The van der Waals surface area contributed by atoms with E-state index in [9.17, 15) is 9.59 Å². The van der Waals surface area contributed by atoms with Crippen LogP contribution >= 0.6 is 22.7 Å². The summed E-state index contributed by atoms with van der Waals surface area (Å²) in [5.74, 6) is -0.287. The van der Waals surface area contributed by atoms with Gasteiger partial charge in [-0.1, -0.05) is 36.4 Å². The fraction of sp³-hybridized carbons (Fsp3) is 0.0476. The highest BCUT2D eigenvalue weighted by Crippen LogP contribution is 2.30. The molecule has 4 nitrogen and oxygen atoms in total. The third kappa shape index (κ3) is 2.74. The van der Waals surface area contributed by atoms with Gasteiger partial charge in [-0.25, -0.2) is 4.79 Å². The highest BCUT2D eigenvalue weighted by Gasteiger charge is 2.34. The van der Waals surface area contributed by atoms with Crippen LogP contribution in [0.4, 0.5) is 4.79 Å². The Kier molecular flexibility index (Phi) is 3.81. The van der Waals surface area contributed by atoms with Crippen molar-refractivity contribution in [3.8, 4) is 0 Å². The van der Waals surface area contributed by atoms with Crippen molar-refractivity contribution in [2.75, 3.05) is 0 Å². The lowest BCUT2D eigenvalue weighted by atomic mass is 10.1. The Morgan fingerprint density at radius 2 is 1.56 bits per heavy atom. The normalized spacial score (nSPS) is 16.0. The molecule has 0 radical (unpaired) electrons. The summed E-state index contributed by atoms with van der Waals surface area (Å²) in [5.41, 5.74) is 2.26. The molecule has 0 spiro atoms. The highest BCUT2D eigenvalue weighted by atomic mass is 32.1. The van der Waals surface area contributed by atoms with Gasteiger partial charge in [0.05, 0.1) is 6.54 Å². The molecule has 1 aliphatic rings. The summed E-state index contributed by atoms with van der Waals surface area (Å²) in [6.07, 6.45) is 1.77. The van der Waals surface area contributed by atoms with Crippen LogP contribution in [0.3, 0.4) is 0 Å². The molecule has 1 saturated heterocycles. The molecule has 0 unspecified atom stereocenters. The molecule has 1 aliphatic heterocycles. The largest absolute Gasteiger partial charge is 0.329 e. The lowest BCUT2D eigenvalue weighted by Gasteiger charge is -2.11.